The van der Waals surface area contributed by atoms with Crippen molar-refractivity contribution in [2.24, 2.45) is 5.92 Å². The second kappa shape index (κ2) is 7.55. The Morgan fingerprint density at radius 1 is 1.21 bits per heavy atom. The molecule has 0 bridgehead atoms. The van der Waals surface area contributed by atoms with E-state index in [2.05, 4.69) is 0 Å². The van der Waals surface area contributed by atoms with E-state index in [9.17, 15) is 10.1 Å². The third-order valence-corrected chi connectivity index (χ3v) is 4.34. The molecule has 1 aliphatic rings. The Labute approximate surface area is 141 Å². The SMILES string of the molecule is C[C@H](O[C@@H]1C[C@H](Cc2ccc([N+](=O)[O-])cc2)CO1)c1ccccc1. The first kappa shape index (κ1) is 16.6. The predicted octanol–water partition coefficient (Wildman–Crippen LogP) is 4.28. The van der Waals surface area contributed by atoms with E-state index in [0.717, 1.165) is 24.0 Å². The van der Waals surface area contributed by atoms with Crippen LogP contribution >= 0.6 is 0 Å². The van der Waals surface area contributed by atoms with Crippen molar-refractivity contribution >= 4 is 5.69 Å². The van der Waals surface area contributed by atoms with Gasteiger partial charge in [-0.25, -0.2) is 0 Å². The van der Waals surface area contributed by atoms with E-state index < -0.39 is 0 Å². The van der Waals surface area contributed by atoms with Crippen LogP contribution in [0.1, 0.15) is 30.6 Å². The van der Waals surface area contributed by atoms with Crippen molar-refractivity contribution in [2.75, 3.05) is 6.61 Å². The van der Waals surface area contributed by atoms with Crippen LogP contribution in [0.15, 0.2) is 54.6 Å². The maximum atomic E-state index is 10.7. The van der Waals surface area contributed by atoms with E-state index in [1.807, 2.05) is 49.4 Å². The molecule has 3 rings (SSSR count). The first-order valence-electron chi connectivity index (χ1n) is 8.17. The van der Waals surface area contributed by atoms with Crippen LogP contribution in [0.3, 0.4) is 0 Å². The molecule has 126 valence electrons. The summed E-state index contributed by atoms with van der Waals surface area (Å²) >= 11 is 0. The fourth-order valence-corrected chi connectivity index (χ4v) is 3.01. The van der Waals surface area contributed by atoms with Gasteiger partial charge in [0.2, 0.25) is 0 Å². The quantitative estimate of drug-likeness (QED) is 0.587. The summed E-state index contributed by atoms with van der Waals surface area (Å²) < 4.78 is 11.8. The van der Waals surface area contributed by atoms with Crippen LogP contribution < -0.4 is 0 Å². The Hall–Kier alpha value is -2.24. The van der Waals surface area contributed by atoms with Crippen molar-refractivity contribution in [3.8, 4) is 0 Å². The Morgan fingerprint density at radius 3 is 2.58 bits per heavy atom. The van der Waals surface area contributed by atoms with Gasteiger partial charge in [0.05, 0.1) is 17.6 Å². The molecule has 0 aromatic heterocycles. The summed E-state index contributed by atoms with van der Waals surface area (Å²) in [6, 6.07) is 16.8. The lowest BCUT2D eigenvalue weighted by atomic mass is 9.98. The van der Waals surface area contributed by atoms with Gasteiger partial charge < -0.3 is 9.47 Å². The molecule has 2 aromatic rings. The molecular weight excluding hydrogens is 306 g/mol. The highest BCUT2D eigenvalue weighted by molar-refractivity contribution is 5.33. The summed E-state index contributed by atoms with van der Waals surface area (Å²) in [5.41, 5.74) is 2.35. The van der Waals surface area contributed by atoms with Crippen LogP contribution in [0.25, 0.3) is 0 Å². The van der Waals surface area contributed by atoms with E-state index in [1.54, 1.807) is 12.1 Å². The zero-order valence-corrected chi connectivity index (χ0v) is 13.6. The molecule has 1 saturated heterocycles. The van der Waals surface area contributed by atoms with Crippen molar-refractivity contribution in [3.63, 3.8) is 0 Å². The molecule has 1 aliphatic heterocycles. The van der Waals surface area contributed by atoms with Crippen LogP contribution in [0.4, 0.5) is 5.69 Å². The van der Waals surface area contributed by atoms with Gasteiger partial charge in [-0.2, -0.15) is 0 Å². The normalized spacial score (nSPS) is 21.5. The summed E-state index contributed by atoms with van der Waals surface area (Å²) in [4.78, 5) is 10.3. The van der Waals surface area contributed by atoms with Crippen LogP contribution in [0, 0.1) is 16.0 Å². The van der Waals surface area contributed by atoms with Crippen molar-refractivity contribution < 1.29 is 14.4 Å². The van der Waals surface area contributed by atoms with Gasteiger partial charge in [-0.1, -0.05) is 42.5 Å². The Kier molecular flexibility index (Phi) is 5.23. The van der Waals surface area contributed by atoms with Gasteiger partial charge in [-0.3, -0.25) is 10.1 Å². The van der Waals surface area contributed by atoms with E-state index in [0.29, 0.717) is 12.5 Å². The van der Waals surface area contributed by atoms with Gasteiger partial charge in [0.25, 0.3) is 5.69 Å². The number of benzene rings is 2. The van der Waals surface area contributed by atoms with E-state index in [4.69, 9.17) is 9.47 Å². The molecule has 5 heteroatoms. The molecule has 0 aliphatic carbocycles. The molecule has 2 aromatic carbocycles. The number of rotatable bonds is 6. The summed E-state index contributed by atoms with van der Waals surface area (Å²) in [7, 11) is 0. The second-order valence-electron chi connectivity index (χ2n) is 6.18. The highest BCUT2D eigenvalue weighted by atomic mass is 16.7. The van der Waals surface area contributed by atoms with E-state index in [1.165, 1.54) is 0 Å². The van der Waals surface area contributed by atoms with Crippen molar-refractivity contribution in [3.05, 3.63) is 75.8 Å². The summed E-state index contributed by atoms with van der Waals surface area (Å²) in [5, 5.41) is 10.7. The standard InChI is InChI=1S/C19H21NO4/c1-14(17-5-3-2-4-6-17)24-19-12-16(13-23-19)11-15-7-9-18(10-8-15)20(21)22/h2-10,14,16,19H,11-13H2,1H3/t14-,16-,19+/m0/s1. The van der Waals surface area contributed by atoms with Gasteiger partial charge in [0, 0.05) is 18.6 Å². The molecule has 0 saturated carbocycles. The van der Waals surface area contributed by atoms with Gasteiger partial charge in [-0.15, -0.1) is 0 Å². The van der Waals surface area contributed by atoms with E-state index >= 15 is 0 Å². The van der Waals surface area contributed by atoms with Gasteiger partial charge >= 0.3 is 0 Å². The summed E-state index contributed by atoms with van der Waals surface area (Å²) in [6.07, 6.45) is 1.49. The molecule has 5 nitrogen and oxygen atoms in total. The van der Waals surface area contributed by atoms with Gasteiger partial charge in [0.15, 0.2) is 6.29 Å². The maximum absolute atomic E-state index is 10.7. The average Bonchev–Trinajstić information content (AvgIpc) is 3.03. The van der Waals surface area contributed by atoms with Crippen LogP contribution in [-0.2, 0) is 15.9 Å². The number of non-ortho nitro benzene ring substituents is 1. The molecule has 1 fully saturated rings. The van der Waals surface area contributed by atoms with Crippen molar-refractivity contribution in [1.29, 1.82) is 0 Å². The maximum Gasteiger partial charge on any atom is 0.269 e. The summed E-state index contributed by atoms with van der Waals surface area (Å²) in [5.74, 6) is 0.374. The largest absolute Gasteiger partial charge is 0.352 e. The highest BCUT2D eigenvalue weighted by Crippen LogP contribution is 2.29. The lowest BCUT2D eigenvalue weighted by Crippen LogP contribution is -2.14. The van der Waals surface area contributed by atoms with Crippen molar-refractivity contribution in [2.45, 2.75) is 32.2 Å². The fraction of sp³-hybridized carbons (Fsp3) is 0.368. The van der Waals surface area contributed by atoms with Crippen LogP contribution in [0.5, 0.6) is 0 Å². The molecule has 0 amide bonds. The third kappa shape index (κ3) is 4.19. The Balaban J connectivity index is 1.51. The average molecular weight is 327 g/mol. The number of nitro groups is 1. The zero-order valence-electron chi connectivity index (χ0n) is 13.6. The minimum atomic E-state index is -0.378. The first-order chi connectivity index (χ1) is 11.6. The van der Waals surface area contributed by atoms with Gasteiger partial charge in [0.1, 0.15) is 0 Å². The lowest BCUT2D eigenvalue weighted by molar-refractivity contribution is -0.384. The Bertz CT molecular complexity index is 672. The van der Waals surface area contributed by atoms with Gasteiger partial charge in [-0.05, 0) is 30.4 Å². The minimum absolute atomic E-state index is 0.00525. The molecule has 1 heterocycles. The van der Waals surface area contributed by atoms with Crippen LogP contribution in [0.2, 0.25) is 0 Å². The molecular formula is C19H21NO4. The monoisotopic (exact) mass is 327 g/mol. The molecule has 24 heavy (non-hydrogen) atoms. The highest BCUT2D eigenvalue weighted by Gasteiger charge is 2.28. The number of nitrogens with zero attached hydrogens (tertiary/aromatic N) is 1. The summed E-state index contributed by atoms with van der Waals surface area (Å²) in [6.45, 7) is 2.69. The number of hydrogen-bond acceptors (Lipinski definition) is 4. The molecule has 0 N–H and O–H groups in total. The fourth-order valence-electron chi connectivity index (χ4n) is 3.01. The van der Waals surface area contributed by atoms with Crippen LogP contribution in [-0.4, -0.2) is 17.8 Å². The molecule has 0 radical (unpaired) electrons. The minimum Gasteiger partial charge on any atom is -0.352 e. The third-order valence-electron chi connectivity index (χ3n) is 4.34. The van der Waals surface area contributed by atoms with E-state index in [-0.39, 0.29) is 23.0 Å². The number of ether oxygens (including phenoxy) is 2. The molecule has 0 spiro atoms. The Morgan fingerprint density at radius 2 is 1.92 bits per heavy atom. The topological polar surface area (TPSA) is 61.6 Å². The van der Waals surface area contributed by atoms with Crippen molar-refractivity contribution in [1.82, 2.24) is 0 Å². The first-order valence-corrected chi connectivity index (χ1v) is 8.17. The lowest BCUT2D eigenvalue weighted by Gasteiger charge is -2.18. The zero-order chi connectivity index (χ0) is 16.9. The predicted molar refractivity (Wildman–Crippen MR) is 90.6 cm³/mol. The number of hydrogen-bond donors (Lipinski definition) is 0. The molecule has 3 atom stereocenters. The second-order valence-corrected chi connectivity index (χ2v) is 6.18. The number of nitro benzene ring substituents is 1. The molecule has 0 unspecified atom stereocenters. The smallest absolute Gasteiger partial charge is 0.269 e.